The van der Waals surface area contributed by atoms with Gasteiger partial charge in [0.15, 0.2) is 0 Å². The summed E-state index contributed by atoms with van der Waals surface area (Å²) in [5.41, 5.74) is 2.93. The van der Waals surface area contributed by atoms with Crippen LogP contribution in [-0.4, -0.2) is 49.6 Å². The lowest BCUT2D eigenvalue weighted by Crippen LogP contribution is -2.45. The molecule has 1 aromatic carbocycles. The molecule has 0 radical (unpaired) electrons. The topological polar surface area (TPSA) is 73.6 Å². The van der Waals surface area contributed by atoms with Gasteiger partial charge in [0.05, 0.1) is 26.1 Å². The molecule has 0 N–H and O–H groups in total. The first kappa shape index (κ1) is 18.9. The molecule has 1 amide bonds. The third-order valence-electron chi connectivity index (χ3n) is 4.44. The van der Waals surface area contributed by atoms with Crippen LogP contribution in [0.25, 0.3) is 0 Å². The van der Waals surface area contributed by atoms with Gasteiger partial charge in [-0.3, -0.25) is 14.5 Å². The number of anilines is 1. The van der Waals surface area contributed by atoms with E-state index in [0.717, 1.165) is 23.2 Å². The Bertz CT molecular complexity index is 661. The monoisotopic (exact) mass is 343 g/mol. The lowest BCUT2D eigenvalue weighted by molar-refractivity contribution is -0.146. The first-order valence-corrected chi connectivity index (χ1v) is 8.53. The maximum Gasteiger partial charge on any atom is 0.323 e. The number of rotatable bonds is 6. The molecule has 1 heterocycles. The van der Waals surface area contributed by atoms with E-state index in [9.17, 15) is 9.59 Å². The van der Waals surface area contributed by atoms with Crippen molar-refractivity contribution in [3.63, 3.8) is 0 Å². The zero-order valence-electron chi connectivity index (χ0n) is 15.1. The quantitative estimate of drug-likeness (QED) is 0.740. The molecule has 0 bridgehead atoms. The van der Waals surface area contributed by atoms with Gasteiger partial charge in [0.25, 0.3) is 0 Å². The van der Waals surface area contributed by atoms with Crippen molar-refractivity contribution in [2.45, 2.75) is 39.2 Å². The van der Waals surface area contributed by atoms with Gasteiger partial charge in [-0.25, -0.2) is 0 Å². The number of nitriles is 1. The lowest BCUT2D eigenvalue weighted by Gasteiger charge is -2.27. The Morgan fingerprint density at radius 3 is 2.60 bits per heavy atom. The standard InChI is InChI=1S/C19H25N3O3/c1-14-10-15(2)12-16(11-14)22(9-5-7-20)18(23)13-21-8-4-6-17(21)19(24)25-3/h10-12,17H,4-6,8-9,13H2,1-3H3. The van der Waals surface area contributed by atoms with Gasteiger partial charge in [-0.15, -0.1) is 0 Å². The van der Waals surface area contributed by atoms with Crippen LogP contribution in [0.4, 0.5) is 5.69 Å². The summed E-state index contributed by atoms with van der Waals surface area (Å²) >= 11 is 0. The number of likely N-dealkylation sites (tertiary alicyclic amines) is 1. The van der Waals surface area contributed by atoms with E-state index in [-0.39, 0.29) is 30.9 Å². The number of amides is 1. The van der Waals surface area contributed by atoms with E-state index in [1.54, 1.807) is 4.90 Å². The number of methoxy groups -OCH3 is 1. The third kappa shape index (κ3) is 4.80. The van der Waals surface area contributed by atoms with Gasteiger partial charge < -0.3 is 9.64 Å². The zero-order valence-corrected chi connectivity index (χ0v) is 15.1. The summed E-state index contributed by atoms with van der Waals surface area (Å²) in [6.45, 7) is 5.16. The molecular weight excluding hydrogens is 318 g/mol. The summed E-state index contributed by atoms with van der Waals surface area (Å²) < 4.78 is 4.84. The second kappa shape index (κ2) is 8.63. The van der Waals surface area contributed by atoms with Gasteiger partial charge in [-0.1, -0.05) is 6.07 Å². The average Bonchev–Trinajstić information content (AvgIpc) is 3.01. The molecule has 1 unspecified atom stereocenters. The molecule has 0 aliphatic carbocycles. The van der Waals surface area contributed by atoms with Crippen LogP contribution in [0.2, 0.25) is 0 Å². The second-order valence-electron chi connectivity index (χ2n) is 6.45. The van der Waals surface area contributed by atoms with Crippen LogP contribution in [-0.2, 0) is 14.3 Å². The SMILES string of the molecule is COC(=O)C1CCCN1CC(=O)N(CCC#N)c1cc(C)cc(C)c1. The van der Waals surface area contributed by atoms with Crippen molar-refractivity contribution in [3.05, 3.63) is 29.3 Å². The highest BCUT2D eigenvalue weighted by molar-refractivity contribution is 5.95. The van der Waals surface area contributed by atoms with E-state index < -0.39 is 0 Å². The highest BCUT2D eigenvalue weighted by Gasteiger charge is 2.33. The third-order valence-corrected chi connectivity index (χ3v) is 4.44. The Morgan fingerprint density at radius 2 is 2.00 bits per heavy atom. The molecule has 1 atom stereocenters. The predicted octanol–water partition coefficient (Wildman–Crippen LogP) is 2.19. The van der Waals surface area contributed by atoms with E-state index in [1.165, 1.54) is 7.11 Å². The van der Waals surface area contributed by atoms with Crippen molar-refractivity contribution in [3.8, 4) is 6.07 Å². The fourth-order valence-corrected chi connectivity index (χ4v) is 3.34. The van der Waals surface area contributed by atoms with Crippen LogP contribution in [0.3, 0.4) is 0 Å². The van der Waals surface area contributed by atoms with Gasteiger partial charge in [0.1, 0.15) is 6.04 Å². The van der Waals surface area contributed by atoms with Gasteiger partial charge in [-0.05, 0) is 56.5 Å². The maximum absolute atomic E-state index is 12.9. The molecule has 134 valence electrons. The Kier molecular flexibility index (Phi) is 6.54. The predicted molar refractivity (Wildman–Crippen MR) is 95.1 cm³/mol. The Hall–Kier alpha value is -2.39. The molecule has 0 saturated carbocycles. The minimum Gasteiger partial charge on any atom is -0.468 e. The maximum atomic E-state index is 12.9. The van der Waals surface area contributed by atoms with Crippen molar-refractivity contribution < 1.29 is 14.3 Å². The summed E-state index contributed by atoms with van der Waals surface area (Å²) in [5.74, 6) is -0.392. The van der Waals surface area contributed by atoms with Crippen molar-refractivity contribution in [2.75, 3.05) is 31.6 Å². The Labute approximate surface area is 149 Å². The number of hydrogen-bond donors (Lipinski definition) is 0. The van der Waals surface area contributed by atoms with E-state index in [1.807, 2.05) is 36.9 Å². The number of benzene rings is 1. The van der Waals surface area contributed by atoms with E-state index in [2.05, 4.69) is 6.07 Å². The smallest absolute Gasteiger partial charge is 0.323 e. The molecular formula is C19H25N3O3. The molecule has 1 aliphatic heterocycles. The first-order chi connectivity index (χ1) is 12.0. The van der Waals surface area contributed by atoms with Crippen molar-refractivity contribution in [1.82, 2.24) is 4.90 Å². The number of carbonyl (C=O) groups is 2. The number of hydrogen-bond acceptors (Lipinski definition) is 5. The van der Waals surface area contributed by atoms with Gasteiger partial charge in [0, 0.05) is 12.2 Å². The zero-order chi connectivity index (χ0) is 18.4. The summed E-state index contributed by atoms with van der Waals surface area (Å²) in [4.78, 5) is 28.3. The molecule has 6 heteroatoms. The molecule has 1 aliphatic rings. The van der Waals surface area contributed by atoms with Crippen LogP contribution in [0, 0.1) is 25.2 Å². The normalized spacial score (nSPS) is 17.1. The van der Waals surface area contributed by atoms with Gasteiger partial charge in [-0.2, -0.15) is 5.26 Å². The molecule has 6 nitrogen and oxygen atoms in total. The van der Waals surface area contributed by atoms with Crippen LogP contribution in [0.5, 0.6) is 0 Å². The molecule has 25 heavy (non-hydrogen) atoms. The van der Waals surface area contributed by atoms with Crippen LogP contribution >= 0.6 is 0 Å². The summed E-state index contributed by atoms with van der Waals surface area (Å²) in [5, 5.41) is 8.92. The van der Waals surface area contributed by atoms with E-state index in [4.69, 9.17) is 10.00 Å². The first-order valence-electron chi connectivity index (χ1n) is 8.53. The minimum absolute atomic E-state index is 0.101. The Morgan fingerprint density at radius 1 is 1.32 bits per heavy atom. The minimum atomic E-state index is -0.356. The van der Waals surface area contributed by atoms with Crippen LogP contribution in [0.15, 0.2) is 18.2 Å². The summed E-state index contributed by atoms with van der Waals surface area (Å²) in [7, 11) is 1.37. The van der Waals surface area contributed by atoms with Crippen molar-refractivity contribution in [1.29, 1.82) is 5.26 Å². The fourth-order valence-electron chi connectivity index (χ4n) is 3.34. The molecule has 1 aromatic rings. The van der Waals surface area contributed by atoms with Gasteiger partial charge >= 0.3 is 5.97 Å². The van der Waals surface area contributed by atoms with Crippen LogP contribution in [0.1, 0.15) is 30.4 Å². The lowest BCUT2D eigenvalue weighted by atomic mass is 10.1. The fraction of sp³-hybridized carbons (Fsp3) is 0.526. The second-order valence-corrected chi connectivity index (χ2v) is 6.45. The summed E-state index contributed by atoms with van der Waals surface area (Å²) in [6, 6.07) is 7.69. The number of carbonyl (C=O) groups excluding carboxylic acids is 2. The van der Waals surface area contributed by atoms with Gasteiger partial charge in [0.2, 0.25) is 5.91 Å². The van der Waals surface area contributed by atoms with E-state index >= 15 is 0 Å². The van der Waals surface area contributed by atoms with Crippen molar-refractivity contribution in [2.24, 2.45) is 0 Å². The highest BCUT2D eigenvalue weighted by Crippen LogP contribution is 2.22. The largest absolute Gasteiger partial charge is 0.468 e. The number of esters is 1. The highest BCUT2D eigenvalue weighted by atomic mass is 16.5. The molecule has 2 rings (SSSR count). The number of ether oxygens (including phenoxy) is 1. The molecule has 1 fully saturated rings. The Balaban J connectivity index is 2.18. The average molecular weight is 343 g/mol. The van der Waals surface area contributed by atoms with Crippen LogP contribution < -0.4 is 4.90 Å². The van der Waals surface area contributed by atoms with E-state index in [0.29, 0.717) is 19.5 Å². The summed E-state index contributed by atoms with van der Waals surface area (Å²) in [6.07, 6.45) is 1.84. The molecule has 0 spiro atoms. The molecule has 1 saturated heterocycles. The number of nitrogens with zero attached hydrogens (tertiary/aromatic N) is 3. The molecule has 0 aromatic heterocycles. The number of aryl methyl sites for hydroxylation is 2. The van der Waals surface area contributed by atoms with Crippen molar-refractivity contribution >= 4 is 17.6 Å².